The van der Waals surface area contributed by atoms with Crippen molar-refractivity contribution in [1.29, 1.82) is 0 Å². The average Bonchev–Trinajstić information content (AvgIpc) is 3.17. The maximum absolute atomic E-state index is 10.7. The van der Waals surface area contributed by atoms with Gasteiger partial charge in [-0.25, -0.2) is 4.79 Å². The van der Waals surface area contributed by atoms with E-state index in [2.05, 4.69) is 0 Å². The molecule has 2 aromatic rings. The predicted octanol–water partition coefficient (Wildman–Crippen LogP) is 4.56. The fourth-order valence-electron chi connectivity index (χ4n) is 4.88. The fraction of sp³-hybridized carbons (Fsp3) is 0.350. The summed E-state index contributed by atoms with van der Waals surface area (Å²) in [5, 5.41) is 18.4. The molecule has 4 rings (SSSR count). The maximum atomic E-state index is 10.7. The van der Waals surface area contributed by atoms with Crippen LogP contribution in [0.3, 0.4) is 0 Å². The average molecular weight is 324 g/mol. The summed E-state index contributed by atoms with van der Waals surface area (Å²) >= 11 is 0. The maximum Gasteiger partial charge on any atom is 0.511 e. The zero-order chi connectivity index (χ0) is 16.7. The van der Waals surface area contributed by atoms with E-state index in [0.717, 1.165) is 12.3 Å². The number of carbonyl (C=O) groups is 1. The van der Waals surface area contributed by atoms with E-state index in [1.165, 1.54) is 30.4 Å². The van der Waals surface area contributed by atoms with Crippen LogP contribution in [0.15, 0.2) is 48.5 Å². The number of hydrogen-bond donors (Lipinski definition) is 2. The Bertz CT molecular complexity index is 750. The summed E-state index contributed by atoms with van der Waals surface area (Å²) in [4.78, 5) is 10.7. The molecule has 4 nitrogen and oxygen atoms in total. The fourth-order valence-corrected chi connectivity index (χ4v) is 4.88. The molecular weight excluding hydrogens is 304 g/mol. The van der Waals surface area contributed by atoms with Crippen molar-refractivity contribution in [2.24, 2.45) is 11.8 Å². The highest BCUT2D eigenvalue weighted by atomic mass is 16.7. The molecule has 0 aromatic heterocycles. The first kappa shape index (κ1) is 15.1. The third kappa shape index (κ3) is 2.33. The standard InChI is InChI=1S/C20H20O4/c21-17-7-3-14(4-8-17)20(12-13-1-2-16(20)11-13)15-5-9-18(10-6-15)24-19(22)23/h3-10,13,16,21H,1-2,11-12H2,(H,22,23). The first-order chi connectivity index (χ1) is 11.6. The van der Waals surface area contributed by atoms with Gasteiger partial charge >= 0.3 is 6.16 Å². The minimum Gasteiger partial charge on any atom is -0.508 e. The molecular formula is C20H20O4. The molecule has 2 N–H and O–H groups in total. The zero-order valence-corrected chi connectivity index (χ0v) is 13.3. The lowest BCUT2D eigenvalue weighted by atomic mass is 9.64. The van der Waals surface area contributed by atoms with Crippen LogP contribution >= 0.6 is 0 Å². The number of benzene rings is 2. The number of carboxylic acid groups (broad SMARTS) is 1. The van der Waals surface area contributed by atoms with Crippen LogP contribution in [0.1, 0.15) is 36.8 Å². The topological polar surface area (TPSA) is 66.8 Å². The Morgan fingerprint density at radius 3 is 2.12 bits per heavy atom. The highest BCUT2D eigenvalue weighted by molar-refractivity contribution is 5.61. The second-order valence-corrected chi connectivity index (χ2v) is 6.99. The highest BCUT2D eigenvalue weighted by Gasteiger charge is 2.52. The van der Waals surface area contributed by atoms with Crippen molar-refractivity contribution in [1.82, 2.24) is 0 Å². The first-order valence-electron chi connectivity index (χ1n) is 8.39. The van der Waals surface area contributed by atoms with Gasteiger partial charge in [-0.15, -0.1) is 0 Å². The Morgan fingerprint density at radius 2 is 1.62 bits per heavy atom. The van der Waals surface area contributed by atoms with Crippen molar-refractivity contribution >= 4 is 6.16 Å². The van der Waals surface area contributed by atoms with Crippen molar-refractivity contribution in [3.8, 4) is 11.5 Å². The van der Waals surface area contributed by atoms with Crippen molar-refractivity contribution in [3.63, 3.8) is 0 Å². The van der Waals surface area contributed by atoms with Gasteiger partial charge in [0.1, 0.15) is 11.5 Å². The Morgan fingerprint density at radius 1 is 1.00 bits per heavy atom. The molecule has 4 heteroatoms. The zero-order valence-electron chi connectivity index (χ0n) is 13.3. The summed E-state index contributed by atoms with van der Waals surface area (Å²) in [6.07, 6.45) is 3.58. The second kappa shape index (κ2) is 5.55. The van der Waals surface area contributed by atoms with Crippen LogP contribution in [0, 0.1) is 11.8 Å². The minimum atomic E-state index is -1.30. The number of ether oxygens (including phenoxy) is 1. The highest BCUT2D eigenvalue weighted by Crippen LogP contribution is 2.60. The van der Waals surface area contributed by atoms with Gasteiger partial charge in [-0.1, -0.05) is 30.7 Å². The van der Waals surface area contributed by atoms with E-state index in [4.69, 9.17) is 9.84 Å². The van der Waals surface area contributed by atoms with E-state index < -0.39 is 6.16 Å². The van der Waals surface area contributed by atoms with Gasteiger partial charge in [0.25, 0.3) is 0 Å². The van der Waals surface area contributed by atoms with Crippen LogP contribution in [-0.2, 0) is 5.41 Å². The molecule has 0 radical (unpaired) electrons. The van der Waals surface area contributed by atoms with Crippen molar-refractivity contribution in [2.75, 3.05) is 0 Å². The first-order valence-corrected chi connectivity index (χ1v) is 8.39. The third-order valence-electron chi connectivity index (χ3n) is 5.81. The molecule has 2 aromatic carbocycles. The monoisotopic (exact) mass is 324 g/mol. The van der Waals surface area contributed by atoms with E-state index in [1.807, 2.05) is 24.3 Å². The molecule has 2 bridgehead atoms. The number of rotatable bonds is 3. The molecule has 2 fully saturated rings. The summed E-state index contributed by atoms with van der Waals surface area (Å²) in [6.45, 7) is 0. The van der Waals surface area contributed by atoms with Crippen LogP contribution in [0.2, 0.25) is 0 Å². The van der Waals surface area contributed by atoms with E-state index in [1.54, 1.807) is 24.3 Å². The largest absolute Gasteiger partial charge is 0.511 e. The SMILES string of the molecule is O=C(O)Oc1ccc(C2(c3ccc(O)cc3)CC3CCC2C3)cc1. The van der Waals surface area contributed by atoms with Gasteiger partial charge in [0.15, 0.2) is 0 Å². The minimum absolute atomic E-state index is 0.0433. The van der Waals surface area contributed by atoms with Gasteiger partial charge in [-0.2, -0.15) is 0 Å². The van der Waals surface area contributed by atoms with E-state index in [9.17, 15) is 9.90 Å². The molecule has 0 spiro atoms. The van der Waals surface area contributed by atoms with Gasteiger partial charge in [0.2, 0.25) is 0 Å². The quantitative estimate of drug-likeness (QED) is 0.642. The summed E-state index contributed by atoms with van der Waals surface area (Å²) in [5.74, 6) is 1.97. The van der Waals surface area contributed by atoms with Crippen LogP contribution in [0.25, 0.3) is 0 Å². The number of aromatic hydroxyl groups is 1. The molecule has 0 amide bonds. The Kier molecular flexibility index (Phi) is 3.48. The summed E-state index contributed by atoms with van der Waals surface area (Å²) in [5.41, 5.74) is 2.40. The lowest BCUT2D eigenvalue weighted by molar-refractivity contribution is 0.144. The Balaban J connectivity index is 1.76. The predicted molar refractivity (Wildman–Crippen MR) is 89.4 cm³/mol. The number of phenolic OH excluding ortho intramolecular Hbond substituents is 1. The molecule has 2 aliphatic rings. The Labute approximate surface area is 140 Å². The normalized spacial score (nSPS) is 28.0. The van der Waals surface area contributed by atoms with Gasteiger partial charge in [-0.05, 0) is 66.5 Å². The number of phenols is 1. The van der Waals surface area contributed by atoms with E-state index in [-0.39, 0.29) is 11.2 Å². The smallest absolute Gasteiger partial charge is 0.508 e. The lowest BCUT2D eigenvalue weighted by Gasteiger charge is -2.39. The van der Waals surface area contributed by atoms with Crippen LogP contribution in [0.4, 0.5) is 4.79 Å². The van der Waals surface area contributed by atoms with Gasteiger partial charge in [-0.3, -0.25) is 0 Å². The molecule has 124 valence electrons. The lowest BCUT2D eigenvalue weighted by Crippen LogP contribution is -2.33. The number of hydrogen-bond acceptors (Lipinski definition) is 3. The molecule has 2 aliphatic carbocycles. The molecule has 0 heterocycles. The van der Waals surface area contributed by atoms with Crippen molar-refractivity contribution in [2.45, 2.75) is 31.1 Å². The van der Waals surface area contributed by atoms with Gasteiger partial charge in [0, 0.05) is 5.41 Å². The summed E-state index contributed by atoms with van der Waals surface area (Å²) in [6, 6.07) is 15.0. The van der Waals surface area contributed by atoms with E-state index in [0.29, 0.717) is 11.7 Å². The molecule has 24 heavy (non-hydrogen) atoms. The van der Waals surface area contributed by atoms with Crippen molar-refractivity contribution in [3.05, 3.63) is 59.7 Å². The third-order valence-corrected chi connectivity index (χ3v) is 5.81. The summed E-state index contributed by atoms with van der Waals surface area (Å²) in [7, 11) is 0. The van der Waals surface area contributed by atoms with Crippen LogP contribution < -0.4 is 4.74 Å². The Hall–Kier alpha value is -2.49. The van der Waals surface area contributed by atoms with Gasteiger partial charge in [0.05, 0.1) is 0 Å². The van der Waals surface area contributed by atoms with Crippen LogP contribution in [0.5, 0.6) is 11.5 Å². The van der Waals surface area contributed by atoms with Crippen LogP contribution in [-0.4, -0.2) is 16.4 Å². The molecule has 3 atom stereocenters. The van der Waals surface area contributed by atoms with E-state index >= 15 is 0 Å². The molecule has 0 aliphatic heterocycles. The molecule has 2 saturated carbocycles. The van der Waals surface area contributed by atoms with Crippen molar-refractivity contribution < 1.29 is 19.7 Å². The summed E-state index contributed by atoms with van der Waals surface area (Å²) < 4.78 is 4.73. The molecule has 0 saturated heterocycles. The number of fused-ring (bicyclic) bond motifs is 2. The van der Waals surface area contributed by atoms with Gasteiger partial charge < -0.3 is 14.9 Å². The second-order valence-electron chi connectivity index (χ2n) is 6.99. The molecule has 3 unspecified atom stereocenters.